The number of rotatable bonds is 1. The van der Waals surface area contributed by atoms with Crippen LogP contribution < -0.4 is 5.32 Å². The van der Waals surface area contributed by atoms with Gasteiger partial charge in [0, 0.05) is 12.6 Å². The maximum atomic E-state index is 12.6. The third-order valence-corrected chi connectivity index (χ3v) is 3.85. The van der Waals surface area contributed by atoms with Crippen LogP contribution in [0.15, 0.2) is 36.1 Å². The summed E-state index contributed by atoms with van der Waals surface area (Å²) in [5, 5.41) is 12.8. The van der Waals surface area contributed by atoms with Crippen LogP contribution in [-0.2, 0) is 4.79 Å². The van der Waals surface area contributed by atoms with Crippen LogP contribution in [0.2, 0.25) is 0 Å². The highest BCUT2D eigenvalue weighted by Crippen LogP contribution is 2.37. The molecule has 0 unspecified atom stereocenters. The minimum Gasteiger partial charge on any atom is -0.505 e. The number of hydrogen-bond donors (Lipinski definition) is 2. The lowest BCUT2D eigenvalue weighted by atomic mass is 10.1. The van der Waals surface area contributed by atoms with E-state index in [0.717, 1.165) is 5.57 Å². The molecule has 1 aromatic rings. The van der Waals surface area contributed by atoms with Crippen LogP contribution in [0.25, 0.3) is 0 Å². The molecule has 1 aromatic carbocycles. The average molecular weight is 284 g/mol. The number of phenolic OH excluding ortho intramolecular Hbond substituents is 1. The molecular weight excluding hydrogens is 268 g/mol. The maximum absolute atomic E-state index is 12.6. The third-order valence-electron chi connectivity index (χ3n) is 3.85. The van der Waals surface area contributed by atoms with Gasteiger partial charge in [0.05, 0.1) is 11.3 Å². The summed E-state index contributed by atoms with van der Waals surface area (Å²) in [4.78, 5) is 26.4. The molecule has 0 fully saturated rings. The van der Waals surface area contributed by atoms with E-state index in [1.807, 2.05) is 19.1 Å². The summed E-state index contributed by atoms with van der Waals surface area (Å²) in [5.41, 5.74) is 2.08. The number of phenols is 1. The highest BCUT2D eigenvalue weighted by molar-refractivity contribution is 6.12. The monoisotopic (exact) mass is 284 g/mol. The standard InChI is InChI=1S/C16H16N2O3/c1-3-4-10-7-12-15(20)17-13-11(16(21)18(12)8-10)6-5-9(2)14(13)19/h3-6,8,12,19H,7H2,1-2H3,(H,17,20)/b4-3+/t12-/m1/s1. The number of aryl methyl sites for hydroxylation is 1. The van der Waals surface area contributed by atoms with Gasteiger partial charge in [-0.05, 0) is 31.1 Å². The van der Waals surface area contributed by atoms with Crippen molar-refractivity contribution in [3.8, 4) is 5.75 Å². The van der Waals surface area contributed by atoms with Gasteiger partial charge >= 0.3 is 0 Å². The van der Waals surface area contributed by atoms with Crippen molar-refractivity contribution in [1.82, 2.24) is 4.90 Å². The topological polar surface area (TPSA) is 69.6 Å². The summed E-state index contributed by atoms with van der Waals surface area (Å²) < 4.78 is 0. The molecule has 0 saturated carbocycles. The minimum absolute atomic E-state index is 0.0481. The van der Waals surface area contributed by atoms with Gasteiger partial charge in [-0.2, -0.15) is 0 Å². The van der Waals surface area contributed by atoms with Gasteiger partial charge in [0.15, 0.2) is 0 Å². The molecule has 0 aromatic heterocycles. The molecule has 0 radical (unpaired) electrons. The zero-order chi connectivity index (χ0) is 15.1. The lowest BCUT2D eigenvalue weighted by Crippen LogP contribution is -2.38. The number of carbonyl (C=O) groups excluding carboxylic acids is 2. The first-order valence-electron chi connectivity index (χ1n) is 6.82. The first-order chi connectivity index (χ1) is 10.0. The summed E-state index contributed by atoms with van der Waals surface area (Å²) >= 11 is 0. The van der Waals surface area contributed by atoms with Crippen LogP contribution in [0.5, 0.6) is 5.75 Å². The second kappa shape index (κ2) is 4.77. The smallest absolute Gasteiger partial charge is 0.260 e. The van der Waals surface area contributed by atoms with E-state index < -0.39 is 6.04 Å². The Balaban J connectivity index is 2.11. The molecule has 5 heteroatoms. The van der Waals surface area contributed by atoms with Crippen LogP contribution in [0.1, 0.15) is 29.3 Å². The van der Waals surface area contributed by atoms with E-state index in [9.17, 15) is 14.7 Å². The number of amides is 2. The van der Waals surface area contributed by atoms with Crippen molar-refractivity contribution in [3.05, 3.63) is 47.2 Å². The number of hydrogen-bond acceptors (Lipinski definition) is 3. The Morgan fingerprint density at radius 2 is 2.14 bits per heavy atom. The highest BCUT2D eigenvalue weighted by atomic mass is 16.3. The van der Waals surface area contributed by atoms with Gasteiger partial charge in [-0.1, -0.05) is 18.2 Å². The van der Waals surface area contributed by atoms with Gasteiger partial charge in [0.1, 0.15) is 11.8 Å². The Morgan fingerprint density at radius 3 is 2.86 bits per heavy atom. The average Bonchev–Trinajstić information content (AvgIpc) is 2.84. The van der Waals surface area contributed by atoms with E-state index in [1.165, 1.54) is 4.90 Å². The molecule has 2 N–H and O–H groups in total. The summed E-state index contributed by atoms with van der Waals surface area (Å²) in [6, 6.07) is 2.75. The van der Waals surface area contributed by atoms with Gasteiger partial charge in [-0.25, -0.2) is 0 Å². The van der Waals surface area contributed by atoms with Crippen molar-refractivity contribution in [2.75, 3.05) is 5.32 Å². The Morgan fingerprint density at radius 1 is 1.38 bits per heavy atom. The minimum atomic E-state index is -0.559. The van der Waals surface area contributed by atoms with Crippen molar-refractivity contribution in [3.63, 3.8) is 0 Å². The molecule has 2 aliphatic heterocycles. The fourth-order valence-corrected chi connectivity index (χ4v) is 2.73. The highest BCUT2D eigenvalue weighted by Gasteiger charge is 2.39. The maximum Gasteiger partial charge on any atom is 0.260 e. The zero-order valence-electron chi connectivity index (χ0n) is 11.9. The van der Waals surface area contributed by atoms with Crippen molar-refractivity contribution in [1.29, 1.82) is 0 Å². The molecule has 2 amide bonds. The summed E-state index contributed by atoms with van der Waals surface area (Å²) in [6.45, 7) is 3.62. The predicted molar refractivity (Wildman–Crippen MR) is 78.9 cm³/mol. The molecule has 0 saturated heterocycles. The molecular formula is C16H16N2O3. The molecule has 0 bridgehead atoms. The van der Waals surface area contributed by atoms with Crippen LogP contribution >= 0.6 is 0 Å². The molecule has 0 aliphatic carbocycles. The van der Waals surface area contributed by atoms with Crippen molar-refractivity contribution in [2.24, 2.45) is 0 Å². The molecule has 2 aliphatic rings. The van der Waals surface area contributed by atoms with Crippen molar-refractivity contribution in [2.45, 2.75) is 26.3 Å². The van der Waals surface area contributed by atoms with Crippen LogP contribution in [0.3, 0.4) is 0 Å². The second-order valence-electron chi connectivity index (χ2n) is 5.28. The molecule has 5 nitrogen and oxygen atoms in total. The Hall–Kier alpha value is -2.56. The molecule has 21 heavy (non-hydrogen) atoms. The van der Waals surface area contributed by atoms with Gasteiger partial charge in [-0.15, -0.1) is 0 Å². The predicted octanol–water partition coefficient (Wildman–Crippen LogP) is 2.33. The SMILES string of the molecule is C/C=C/C1=CN2C(=O)c3ccc(C)c(O)c3NC(=O)[C@H]2C1. The lowest BCUT2D eigenvalue weighted by molar-refractivity contribution is -0.119. The number of allylic oxidation sites excluding steroid dienone is 2. The van der Waals surface area contributed by atoms with Gasteiger partial charge in [0.2, 0.25) is 5.91 Å². The molecule has 0 spiro atoms. The van der Waals surface area contributed by atoms with Crippen molar-refractivity contribution < 1.29 is 14.7 Å². The Bertz CT molecular complexity index is 704. The zero-order valence-corrected chi connectivity index (χ0v) is 11.9. The quantitative estimate of drug-likeness (QED) is 0.778. The van der Waals surface area contributed by atoms with Crippen molar-refractivity contribution >= 4 is 17.5 Å². The van der Waals surface area contributed by atoms with E-state index in [-0.39, 0.29) is 23.3 Å². The number of aromatic hydroxyl groups is 1. The normalized spacial score (nSPS) is 21.0. The second-order valence-corrected chi connectivity index (χ2v) is 5.28. The van der Waals surface area contributed by atoms with Gasteiger partial charge in [0.25, 0.3) is 5.91 Å². The van der Waals surface area contributed by atoms with Gasteiger partial charge < -0.3 is 15.3 Å². The third kappa shape index (κ3) is 2.01. The van der Waals surface area contributed by atoms with E-state index >= 15 is 0 Å². The van der Waals surface area contributed by atoms with Crippen LogP contribution in [0, 0.1) is 6.92 Å². The number of fused-ring (bicyclic) bond motifs is 2. The molecule has 2 heterocycles. The Kier molecular flexibility index (Phi) is 3.05. The Labute approximate surface area is 122 Å². The number of anilines is 1. The molecule has 3 rings (SSSR count). The number of benzene rings is 1. The largest absolute Gasteiger partial charge is 0.505 e. The van der Waals surface area contributed by atoms with Crippen LogP contribution in [-0.4, -0.2) is 27.9 Å². The summed E-state index contributed by atoms with van der Waals surface area (Å²) in [7, 11) is 0. The van der Waals surface area contributed by atoms with E-state index in [0.29, 0.717) is 17.5 Å². The first-order valence-corrected chi connectivity index (χ1v) is 6.82. The first kappa shape index (κ1) is 13.4. The van der Waals surface area contributed by atoms with E-state index in [2.05, 4.69) is 5.32 Å². The lowest BCUT2D eigenvalue weighted by Gasteiger charge is -2.18. The fourth-order valence-electron chi connectivity index (χ4n) is 2.73. The molecule has 108 valence electrons. The van der Waals surface area contributed by atoms with E-state index in [4.69, 9.17) is 0 Å². The number of carbonyl (C=O) groups is 2. The fraction of sp³-hybridized carbons (Fsp3) is 0.250. The molecule has 1 atom stereocenters. The van der Waals surface area contributed by atoms with Gasteiger partial charge in [-0.3, -0.25) is 9.59 Å². The number of nitrogens with zero attached hydrogens (tertiary/aromatic N) is 1. The van der Waals surface area contributed by atoms with E-state index in [1.54, 1.807) is 25.3 Å². The summed E-state index contributed by atoms with van der Waals surface area (Å²) in [5.74, 6) is -0.602. The van der Waals surface area contributed by atoms with Crippen LogP contribution in [0.4, 0.5) is 5.69 Å². The number of nitrogens with one attached hydrogen (secondary N) is 1. The summed E-state index contributed by atoms with van der Waals surface area (Å²) in [6.07, 6.45) is 5.96.